The molecule has 0 spiro atoms. The van der Waals surface area contributed by atoms with Crippen LogP contribution < -0.4 is 11.3 Å². The Morgan fingerprint density at radius 2 is 2.43 bits per heavy atom. The number of aliphatic hydroxyl groups excluding tert-OH is 1. The fourth-order valence-electron chi connectivity index (χ4n) is 2.48. The van der Waals surface area contributed by atoms with E-state index in [4.69, 9.17) is 15.2 Å². The van der Waals surface area contributed by atoms with Gasteiger partial charge in [-0.15, -0.1) is 0 Å². The number of H-pyrrole nitrogens is 1. The van der Waals surface area contributed by atoms with Gasteiger partial charge in [-0.2, -0.15) is 4.98 Å². The van der Waals surface area contributed by atoms with E-state index in [1.165, 1.54) is 18.0 Å². The molecule has 3 rings (SSSR count). The molecule has 1 aliphatic heterocycles. The number of aromatic amines is 1. The van der Waals surface area contributed by atoms with Gasteiger partial charge in [0.05, 0.1) is 12.9 Å². The number of imidazole rings is 1. The zero-order valence-electron chi connectivity index (χ0n) is 11.1. The van der Waals surface area contributed by atoms with E-state index in [0.717, 1.165) is 0 Å². The Kier molecular flexibility index (Phi) is 3.35. The van der Waals surface area contributed by atoms with Crippen molar-refractivity contribution in [2.45, 2.75) is 24.6 Å². The van der Waals surface area contributed by atoms with E-state index in [0.29, 0.717) is 0 Å². The van der Waals surface area contributed by atoms with Crippen LogP contribution >= 0.6 is 0 Å². The summed E-state index contributed by atoms with van der Waals surface area (Å²) >= 11 is 0. The number of hydrogen-bond donors (Lipinski definition) is 3. The number of nitrogen functional groups attached to an aromatic ring is 1. The number of nitrogens with zero attached hydrogens (tertiary/aromatic N) is 3. The molecule has 0 amide bonds. The number of anilines is 1. The number of aromatic nitrogens is 4. The van der Waals surface area contributed by atoms with Crippen LogP contribution in [0.1, 0.15) is 6.23 Å². The van der Waals surface area contributed by atoms with Crippen LogP contribution in [0.15, 0.2) is 11.1 Å². The minimum Gasteiger partial charge on any atom is -0.394 e. The van der Waals surface area contributed by atoms with Crippen LogP contribution in [0.4, 0.5) is 10.3 Å². The summed E-state index contributed by atoms with van der Waals surface area (Å²) in [7, 11) is 1.33. The molecule has 4 N–H and O–H groups in total. The average Bonchev–Trinajstić information content (AvgIpc) is 2.99. The largest absolute Gasteiger partial charge is 0.394 e. The molecule has 0 saturated carbocycles. The van der Waals surface area contributed by atoms with Crippen molar-refractivity contribution in [1.29, 1.82) is 0 Å². The van der Waals surface area contributed by atoms with Gasteiger partial charge in [0.15, 0.2) is 23.6 Å². The molecule has 0 bridgehead atoms. The first-order valence-electron chi connectivity index (χ1n) is 6.22. The number of nitrogens with one attached hydrogen (secondary N) is 1. The van der Waals surface area contributed by atoms with Gasteiger partial charge >= 0.3 is 0 Å². The lowest BCUT2D eigenvalue weighted by molar-refractivity contribution is -0.0519. The standard InChI is InChI=1S/C11H14FN5O4/c1-20-7-4(2-18)21-10(5(7)12)17-3-14-6-8(17)15-11(13)16-9(6)19/h3-5,7,10,18H,2H2,1H3,(H3,13,15,16,19). The van der Waals surface area contributed by atoms with E-state index < -0.39 is 36.8 Å². The van der Waals surface area contributed by atoms with Crippen molar-refractivity contribution in [2.75, 3.05) is 19.5 Å². The number of aliphatic hydroxyl groups is 1. The number of ether oxygens (including phenoxy) is 2. The number of halogens is 1. The molecule has 4 unspecified atom stereocenters. The second kappa shape index (κ2) is 5.06. The summed E-state index contributed by atoms with van der Waals surface area (Å²) < 4.78 is 26.1. The van der Waals surface area contributed by atoms with Gasteiger partial charge in [0.1, 0.15) is 12.2 Å². The zero-order chi connectivity index (χ0) is 15.1. The predicted molar refractivity (Wildman–Crippen MR) is 69.2 cm³/mol. The maximum absolute atomic E-state index is 14.4. The molecule has 9 nitrogen and oxygen atoms in total. The third-order valence-electron chi connectivity index (χ3n) is 3.44. The van der Waals surface area contributed by atoms with Gasteiger partial charge in [-0.05, 0) is 0 Å². The van der Waals surface area contributed by atoms with Gasteiger partial charge in [-0.3, -0.25) is 14.3 Å². The van der Waals surface area contributed by atoms with Crippen molar-refractivity contribution in [3.63, 3.8) is 0 Å². The summed E-state index contributed by atoms with van der Waals surface area (Å²) in [6.45, 7) is -0.391. The highest BCUT2D eigenvalue weighted by Crippen LogP contribution is 2.34. The number of fused-ring (bicyclic) bond motifs is 1. The molecule has 10 heteroatoms. The zero-order valence-corrected chi connectivity index (χ0v) is 11.1. The van der Waals surface area contributed by atoms with Crippen molar-refractivity contribution in [3.05, 3.63) is 16.7 Å². The van der Waals surface area contributed by atoms with Gasteiger partial charge in [-0.1, -0.05) is 0 Å². The van der Waals surface area contributed by atoms with Gasteiger partial charge in [0.25, 0.3) is 5.56 Å². The van der Waals surface area contributed by atoms with Crippen LogP contribution in [0.2, 0.25) is 0 Å². The molecule has 4 atom stereocenters. The Morgan fingerprint density at radius 3 is 3.05 bits per heavy atom. The topological polar surface area (TPSA) is 128 Å². The van der Waals surface area contributed by atoms with Gasteiger partial charge in [0, 0.05) is 7.11 Å². The molecule has 0 aromatic carbocycles. The number of hydrogen-bond acceptors (Lipinski definition) is 7. The van der Waals surface area contributed by atoms with E-state index in [1.54, 1.807) is 0 Å². The lowest BCUT2D eigenvalue weighted by Crippen LogP contribution is -2.32. The van der Waals surface area contributed by atoms with Crippen LogP contribution in [0.5, 0.6) is 0 Å². The van der Waals surface area contributed by atoms with Crippen molar-refractivity contribution >= 4 is 17.1 Å². The van der Waals surface area contributed by atoms with Crippen LogP contribution in [-0.4, -0.2) is 56.7 Å². The molecule has 0 radical (unpaired) electrons. The summed E-state index contributed by atoms with van der Waals surface area (Å²) in [5, 5.41) is 9.21. The smallest absolute Gasteiger partial charge is 0.280 e. The first-order chi connectivity index (χ1) is 10.1. The van der Waals surface area contributed by atoms with Crippen LogP contribution in [0.3, 0.4) is 0 Å². The van der Waals surface area contributed by atoms with Crippen molar-refractivity contribution < 1.29 is 19.0 Å². The number of alkyl halides is 1. The molecule has 1 saturated heterocycles. The molecule has 114 valence electrons. The summed E-state index contributed by atoms with van der Waals surface area (Å²) in [5.74, 6) is -0.107. The Labute approximate surface area is 117 Å². The second-order valence-electron chi connectivity index (χ2n) is 4.67. The molecule has 1 fully saturated rings. The van der Waals surface area contributed by atoms with Crippen LogP contribution in [0, 0.1) is 0 Å². The maximum atomic E-state index is 14.4. The molecule has 21 heavy (non-hydrogen) atoms. The molecular formula is C11H14FN5O4. The quantitative estimate of drug-likeness (QED) is 0.659. The Morgan fingerprint density at radius 1 is 1.67 bits per heavy atom. The van der Waals surface area contributed by atoms with E-state index in [1.807, 2.05) is 0 Å². The SMILES string of the molecule is COC1C(CO)OC(n2cnc3c(=O)[nH]c(N)nc32)C1F. The summed E-state index contributed by atoms with van der Waals surface area (Å²) in [6, 6.07) is 0. The summed E-state index contributed by atoms with van der Waals surface area (Å²) in [6.07, 6.45) is -3.14. The van der Waals surface area contributed by atoms with E-state index >= 15 is 0 Å². The van der Waals surface area contributed by atoms with Crippen molar-refractivity contribution in [1.82, 2.24) is 19.5 Å². The molecule has 1 aliphatic rings. The molecular weight excluding hydrogens is 285 g/mol. The van der Waals surface area contributed by atoms with E-state index in [2.05, 4.69) is 15.0 Å². The van der Waals surface area contributed by atoms with Crippen LogP contribution in [-0.2, 0) is 9.47 Å². The highest BCUT2D eigenvalue weighted by atomic mass is 19.1. The lowest BCUT2D eigenvalue weighted by Gasteiger charge is -2.15. The van der Waals surface area contributed by atoms with Crippen LogP contribution in [0.25, 0.3) is 11.2 Å². The molecule has 2 aromatic rings. The fourth-order valence-corrected chi connectivity index (χ4v) is 2.48. The maximum Gasteiger partial charge on any atom is 0.280 e. The molecule has 3 heterocycles. The van der Waals surface area contributed by atoms with E-state index in [-0.39, 0.29) is 17.1 Å². The average molecular weight is 299 g/mol. The Balaban J connectivity index is 2.07. The normalized spacial score (nSPS) is 29.3. The van der Waals surface area contributed by atoms with Crippen molar-refractivity contribution in [3.8, 4) is 0 Å². The first-order valence-corrected chi connectivity index (χ1v) is 6.22. The third kappa shape index (κ3) is 2.07. The lowest BCUT2D eigenvalue weighted by atomic mass is 10.1. The predicted octanol–water partition coefficient (Wildman–Crippen LogP) is -1.06. The van der Waals surface area contributed by atoms with Gasteiger partial charge < -0.3 is 20.3 Å². The van der Waals surface area contributed by atoms with E-state index in [9.17, 15) is 14.3 Å². The fraction of sp³-hybridized carbons (Fsp3) is 0.545. The highest BCUT2D eigenvalue weighted by molar-refractivity contribution is 5.70. The number of rotatable bonds is 3. The Hall–Kier alpha value is -2.04. The number of nitrogens with two attached hydrogens (primary N) is 1. The third-order valence-corrected chi connectivity index (χ3v) is 3.44. The highest BCUT2D eigenvalue weighted by Gasteiger charge is 2.46. The first kappa shape index (κ1) is 13.9. The molecule has 0 aliphatic carbocycles. The monoisotopic (exact) mass is 299 g/mol. The minimum atomic E-state index is -1.55. The molecule has 2 aromatic heterocycles. The summed E-state index contributed by atoms with van der Waals surface area (Å²) in [5.41, 5.74) is 5.10. The summed E-state index contributed by atoms with van der Waals surface area (Å²) in [4.78, 5) is 21.8. The van der Waals surface area contributed by atoms with Crippen molar-refractivity contribution in [2.24, 2.45) is 0 Å². The van der Waals surface area contributed by atoms with Gasteiger partial charge in [0.2, 0.25) is 5.95 Å². The van der Waals surface area contributed by atoms with Gasteiger partial charge in [-0.25, -0.2) is 9.37 Å². The minimum absolute atomic E-state index is 0.0291. The second-order valence-corrected chi connectivity index (χ2v) is 4.67. The Bertz CT molecular complexity index is 716. The number of methoxy groups -OCH3 is 1.